The molecule has 246 valence electrons. The van der Waals surface area contributed by atoms with Crippen LogP contribution in [0.25, 0.3) is 0 Å². The highest BCUT2D eigenvalue weighted by Gasteiger charge is 2.46. The lowest BCUT2D eigenvalue weighted by atomic mass is 9.81. The molecular weight excluding hydrogens is 600 g/mol. The number of methoxy groups -OCH3 is 2. The smallest absolute Gasteiger partial charge is 0.311 e. The number of nitrogens with zero attached hydrogens (tertiary/aromatic N) is 1. The predicted molar refractivity (Wildman–Crippen MR) is 162 cm³/mol. The maximum absolute atomic E-state index is 13.7. The van der Waals surface area contributed by atoms with Gasteiger partial charge in [0.1, 0.15) is 12.1 Å². The average Bonchev–Trinajstić information content (AvgIpc) is 3.06. The molecule has 0 saturated heterocycles. The number of aryl methyl sites for hydroxylation is 1. The number of ether oxygens (including phenoxy) is 4. The number of anilines is 1. The minimum absolute atomic E-state index is 0.00816. The van der Waals surface area contributed by atoms with Crippen molar-refractivity contribution >= 4 is 46.7 Å². The Kier molecular flexibility index (Phi) is 12.3. The number of hydrogen-bond donors (Lipinski definition) is 1. The Morgan fingerprint density at radius 3 is 2.20 bits per heavy atom. The van der Waals surface area contributed by atoms with Gasteiger partial charge in [0.2, 0.25) is 23.1 Å². The first-order chi connectivity index (χ1) is 21.8. The summed E-state index contributed by atoms with van der Waals surface area (Å²) >= 11 is 0. The summed E-state index contributed by atoms with van der Waals surface area (Å²) < 4.78 is 21.1. The standard InChI is InChI=1S/C33H38N2O11/c1-17(2)33(42)46-30-18(3)27(39)29(41)22(15-24(36)28(40)21(30)14-20-10-8-7-9-11-20)35-23-16-34-19(4)31(32(23)44-6)45-26(38)13-12-25(37)43-5/h7-11,16-18,21-22,30,35H,12-15H2,1-6H3/t18-,21+,22+,30-/m1/s1. The Morgan fingerprint density at radius 1 is 0.935 bits per heavy atom. The number of ketones is 4. The Bertz CT molecular complexity index is 1500. The first-order valence-electron chi connectivity index (χ1n) is 14.8. The van der Waals surface area contributed by atoms with Crippen LogP contribution in [0.4, 0.5) is 5.69 Å². The Hall–Kier alpha value is -4.94. The van der Waals surface area contributed by atoms with Crippen molar-refractivity contribution in [2.45, 2.75) is 65.5 Å². The van der Waals surface area contributed by atoms with Crippen molar-refractivity contribution in [2.75, 3.05) is 19.5 Å². The summed E-state index contributed by atoms with van der Waals surface area (Å²) in [6.45, 7) is 6.08. The first kappa shape index (κ1) is 35.5. The molecule has 1 heterocycles. The second-order valence-electron chi connectivity index (χ2n) is 11.2. The fraction of sp³-hybridized carbons (Fsp3) is 0.455. The van der Waals surface area contributed by atoms with E-state index in [2.05, 4.69) is 15.0 Å². The van der Waals surface area contributed by atoms with E-state index >= 15 is 0 Å². The number of aromatic nitrogens is 1. The lowest BCUT2D eigenvalue weighted by molar-refractivity contribution is -0.163. The third-order valence-electron chi connectivity index (χ3n) is 7.56. The van der Waals surface area contributed by atoms with Gasteiger partial charge < -0.3 is 24.3 Å². The Labute approximate surface area is 266 Å². The van der Waals surface area contributed by atoms with E-state index in [4.69, 9.17) is 14.2 Å². The van der Waals surface area contributed by atoms with Crippen molar-refractivity contribution in [1.82, 2.24) is 4.98 Å². The Balaban J connectivity index is 1.99. The summed E-state index contributed by atoms with van der Waals surface area (Å²) in [7, 11) is 2.45. The summed E-state index contributed by atoms with van der Waals surface area (Å²) in [4.78, 5) is 95.3. The maximum atomic E-state index is 13.7. The van der Waals surface area contributed by atoms with Gasteiger partial charge in [-0.05, 0) is 18.9 Å². The van der Waals surface area contributed by atoms with Crippen LogP contribution in [0.2, 0.25) is 0 Å². The summed E-state index contributed by atoms with van der Waals surface area (Å²) in [5.74, 6) is -9.21. The molecule has 0 radical (unpaired) electrons. The monoisotopic (exact) mass is 638 g/mol. The van der Waals surface area contributed by atoms with Gasteiger partial charge in [-0.2, -0.15) is 0 Å². The highest BCUT2D eigenvalue weighted by atomic mass is 16.6. The summed E-state index contributed by atoms with van der Waals surface area (Å²) in [5.41, 5.74) is 0.887. The number of esters is 3. The van der Waals surface area contributed by atoms with Crippen LogP contribution < -0.4 is 14.8 Å². The van der Waals surface area contributed by atoms with Crippen LogP contribution in [0.1, 0.15) is 51.3 Å². The van der Waals surface area contributed by atoms with Gasteiger partial charge in [0.15, 0.2) is 11.5 Å². The van der Waals surface area contributed by atoms with Crippen LogP contribution in [0.3, 0.4) is 0 Å². The van der Waals surface area contributed by atoms with Crippen LogP contribution in [-0.2, 0) is 49.5 Å². The molecule has 13 nitrogen and oxygen atoms in total. The van der Waals surface area contributed by atoms with Gasteiger partial charge in [-0.3, -0.25) is 38.5 Å². The molecule has 0 spiro atoms. The maximum Gasteiger partial charge on any atom is 0.311 e. The molecule has 46 heavy (non-hydrogen) atoms. The third-order valence-corrected chi connectivity index (χ3v) is 7.56. The zero-order valence-electron chi connectivity index (χ0n) is 26.6. The van der Waals surface area contributed by atoms with E-state index in [1.165, 1.54) is 34.3 Å². The van der Waals surface area contributed by atoms with Crippen molar-refractivity contribution in [3.05, 3.63) is 47.8 Å². The van der Waals surface area contributed by atoms with Crippen LogP contribution in [0.5, 0.6) is 11.5 Å². The molecule has 1 aromatic carbocycles. The molecule has 1 aliphatic carbocycles. The van der Waals surface area contributed by atoms with E-state index in [9.17, 15) is 33.6 Å². The van der Waals surface area contributed by atoms with Crippen molar-refractivity contribution in [2.24, 2.45) is 17.8 Å². The van der Waals surface area contributed by atoms with E-state index in [0.29, 0.717) is 5.56 Å². The van der Waals surface area contributed by atoms with E-state index in [-0.39, 0.29) is 42.1 Å². The molecule has 4 atom stereocenters. The first-order valence-corrected chi connectivity index (χ1v) is 14.8. The van der Waals surface area contributed by atoms with E-state index < -0.39 is 77.4 Å². The molecule has 1 fully saturated rings. The molecule has 2 aromatic rings. The molecule has 0 bridgehead atoms. The molecule has 3 rings (SSSR count). The predicted octanol–water partition coefficient (Wildman–Crippen LogP) is 2.78. The summed E-state index contributed by atoms with van der Waals surface area (Å²) in [6.07, 6.45) is -1.36. The third kappa shape index (κ3) is 8.61. The minimum Gasteiger partial charge on any atom is -0.491 e. The molecular formula is C33H38N2O11. The zero-order valence-corrected chi connectivity index (χ0v) is 26.6. The number of benzene rings is 1. The number of pyridine rings is 1. The van der Waals surface area contributed by atoms with Crippen molar-refractivity contribution in [3.63, 3.8) is 0 Å². The number of carbonyl (C=O) groups is 7. The Morgan fingerprint density at radius 2 is 1.59 bits per heavy atom. The fourth-order valence-electron chi connectivity index (χ4n) is 4.93. The molecule has 0 aliphatic heterocycles. The SMILES string of the molecule is COC(=O)CCC(=O)Oc1c(C)ncc(N[C@H]2CC(=O)C(=O)[C@H](Cc3ccccc3)[C@H](OC(=O)C(C)C)[C@H](C)C(=O)C2=O)c1OC. The van der Waals surface area contributed by atoms with Gasteiger partial charge in [-0.15, -0.1) is 0 Å². The van der Waals surface area contributed by atoms with E-state index in [1.807, 2.05) is 0 Å². The average molecular weight is 639 g/mol. The second-order valence-corrected chi connectivity index (χ2v) is 11.2. The quantitative estimate of drug-likeness (QED) is 0.280. The van der Waals surface area contributed by atoms with Crippen LogP contribution in [0, 0.1) is 24.7 Å². The van der Waals surface area contributed by atoms with Gasteiger partial charge in [0.25, 0.3) is 0 Å². The highest BCUT2D eigenvalue weighted by molar-refractivity contribution is 6.44. The molecule has 1 aliphatic rings. The number of carbonyl (C=O) groups excluding carboxylic acids is 7. The van der Waals surface area contributed by atoms with E-state index in [0.717, 1.165) is 0 Å². The molecule has 0 amide bonds. The lowest BCUT2D eigenvalue weighted by Gasteiger charge is -2.29. The molecule has 1 saturated carbocycles. The number of Topliss-reactive ketones (excluding diaryl/α,β-unsaturated/α-hetero) is 4. The second kappa shape index (κ2) is 15.9. The summed E-state index contributed by atoms with van der Waals surface area (Å²) in [5, 5.41) is 2.78. The van der Waals surface area contributed by atoms with Gasteiger partial charge in [-0.1, -0.05) is 51.1 Å². The molecule has 0 unspecified atom stereocenters. The van der Waals surface area contributed by atoms with Gasteiger partial charge in [0.05, 0.1) is 62.4 Å². The molecule has 1 N–H and O–H groups in total. The fourth-order valence-corrected chi connectivity index (χ4v) is 4.93. The van der Waals surface area contributed by atoms with Crippen LogP contribution in [0.15, 0.2) is 36.5 Å². The number of nitrogens with one attached hydrogen (secondary N) is 1. The number of rotatable bonds is 11. The number of hydrogen-bond acceptors (Lipinski definition) is 13. The van der Waals surface area contributed by atoms with Crippen molar-refractivity contribution < 1.29 is 52.5 Å². The zero-order chi connectivity index (χ0) is 34.1. The van der Waals surface area contributed by atoms with Gasteiger partial charge in [0, 0.05) is 6.42 Å². The van der Waals surface area contributed by atoms with Crippen LogP contribution >= 0.6 is 0 Å². The molecule has 1 aromatic heterocycles. The topological polar surface area (TPSA) is 181 Å². The van der Waals surface area contributed by atoms with Gasteiger partial charge in [-0.25, -0.2) is 0 Å². The van der Waals surface area contributed by atoms with Gasteiger partial charge >= 0.3 is 17.9 Å². The van der Waals surface area contributed by atoms with Crippen LogP contribution in [-0.4, -0.2) is 72.4 Å². The minimum atomic E-state index is -1.54. The molecule has 13 heteroatoms. The summed E-state index contributed by atoms with van der Waals surface area (Å²) in [6, 6.07) is 7.22. The highest BCUT2D eigenvalue weighted by Crippen LogP contribution is 2.38. The van der Waals surface area contributed by atoms with Crippen molar-refractivity contribution in [3.8, 4) is 11.5 Å². The van der Waals surface area contributed by atoms with E-state index in [1.54, 1.807) is 44.2 Å². The van der Waals surface area contributed by atoms with Crippen molar-refractivity contribution in [1.29, 1.82) is 0 Å². The normalized spacial score (nSPS) is 20.3. The largest absolute Gasteiger partial charge is 0.491 e. The lowest BCUT2D eigenvalue weighted by Crippen LogP contribution is -2.45.